The van der Waals surface area contributed by atoms with Gasteiger partial charge in [-0.25, -0.2) is 0 Å². The minimum atomic E-state index is 0.540. The molecule has 2 N–H and O–H groups in total. The summed E-state index contributed by atoms with van der Waals surface area (Å²) in [6, 6.07) is 7.09. The molecule has 1 aromatic carbocycles. The van der Waals surface area contributed by atoms with Crippen LogP contribution in [0.5, 0.6) is 0 Å². The van der Waals surface area contributed by atoms with Crippen molar-refractivity contribution < 1.29 is 0 Å². The van der Waals surface area contributed by atoms with E-state index in [0.717, 1.165) is 12.1 Å². The molecule has 2 heterocycles. The summed E-state index contributed by atoms with van der Waals surface area (Å²) in [6.45, 7) is 1.15. The molecule has 78 valence electrons. The number of hydrogen-bond donors (Lipinski definition) is 2. The van der Waals surface area contributed by atoms with Crippen molar-refractivity contribution in [3.63, 3.8) is 0 Å². The summed E-state index contributed by atoms with van der Waals surface area (Å²) in [6.07, 6.45) is 5.79. The van der Waals surface area contributed by atoms with Gasteiger partial charge in [-0.15, -0.1) is 0 Å². The van der Waals surface area contributed by atoms with E-state index >= 15 is 0 Å². The lowest BCUT2D eigenvalue weighted by Crippen LogP contribution is -2.26. The van der Waals surface area contributed by atoms with Gasteiger partial charge in [-0.05, 0) is 37.1 Å². The van der Waals surface area contributed by atoms with Gasteiger partial charge in [0.05, 0.1) is 11.7 Å². The Morgan fingerprint density at radius 2 is 2.27 bits per heavy atom. The van der Waals surface area contributed by atoms with Gasteiger partial charge in [0, 0.05) is 11.4 Å². The van der Waals surface area contributed by atoms with Crippen molar-refractivity contribution in [2.24, 2.45) is 0 Å². The first kappa shape index (κ1) is 8.92. The third-order valence-electron chi connectivity index (χ3n) is 3.18. The van der Waals surface area contributed by atoms with Crippen LogP contribution in [-0.2, 0) is 0 Å². The van der Waals surface area contributed by atoms with Crippen molar-refractivity contribution in [1.82, 2.24) is 15.5 Å². The smallest absolute Gasteiger partial charge is 0.0650 e. The Balaban J connectivity index is 1.95. The second-order valence-electron chi connectivity index (χ2n) is 4.22. The van der Waals surface area contributed by atoms with Crippen LogP contribution in [-0.4, -0.2) is 16.7 Å². The van der Waals surface area contributed by atoms with Gasteiger partial charge in [0.25, 0.3) is 0 Å². The molecular formula is C12H15N3. The van der Waals surface area contributed by atoms with Gasteiger partial charge < -0.3 is 5.32 Å². The Hall–Kier alpha value is -1.35. The van der Waals surface area contributed by atoms with Crippen molar-refractivity contribution in [2.45, 2.75) is 25.3 Å². The third kappa shape index (κ3) is 1.63. The average molecular weight is 201 g/mol. The predicted molar refractivity (Wildman–Crippen MR) is 60.7 cm³/mol. The molecular weight excluding hydrogens is 186 g/mol. The molecule has 1 unspecified atom stereocenters. The summed E-state index contributed by atoms with van der Waals surface area (Å²) in [4.78, 5) is 0. The standard InChI is InChI=1S/C12H15N3/c1-2-6-13-11(3-1)9-4-5-12-10(7-9)8-14-15-12/h4-5,7-8,11,13H,1-3,6H2,(H,14,15). The number of hydrogen-bond acceptors (Lipinski definition) is 2. The van der Waals surface area contributed by atoms with Gasteiger partial charge in [-0.1, -0.05) is 12.5 Å². The number of benzene rings is 1. The van der Waals surface area contributed by atoms with Crippen LogP contribution in [0.3, 0.4) is 0 Å². The van der Waals surface area contributed by atoms with Crippen LogP contribution < -0.4 is 5.32 Å². The van der Waals surface area contributed by atoms with Crippen molar-refractivity contribution in [2.75, 3.05) is 6.54 Å². The van der Waals surface area contributed by atoms with E-state index in [9.17, 15) is 0 Å². The second-order valence-corrected chi connectivity index (χ2v) is 4.22. The topological polar surface area (TPSA) is 40.7 Å². The Labute approximate surface area is 88.9 Å². The number of nitrogens with zero attached hydrogens (tertiary/aromatic N) is 1. The molecule has 1 aliphatic rings. The minimum Gasteiger partial charge on any atom is -0.310 e. The zero-order chi connectivity index (χ0) is 10.1. The van der Waals surface area contributed by atoms with Gasteiger partial charge in [-0.3, -0.25) is 5.10 Å². The van der Waals surface area contributed by atoms with Gasteiger partial charge in [0.2, 0.25) is 0 Å². The van der Waals surface area contributed by atoms with Crippen LogP contribution in [0.4, 0.5) is 0 Å². The maximum absolute atomic E-state index is 4.04. The summed E-state index contributed by atoms with van der Waals surface area (Å²) < 4.78 is 0. The molecule has 3 rings (SSSR count). The van der Waals surface area contributed by atoms with Crippen LogP contribution in [0.2, 0.25) is 0 Å². The number of piperidine rings is 1. The molecule has 1 aromatic heterocycles. The second kappa shape index (κ2) is 3.66. The molecule has 0 aliphatic carbocycles. The molecule has 1 aliphatic heterocycles. The van der Waals surface area contributed by atoms with E-state index in [0.29, 0.717) is 6.04 Å². The predicted octanol–water partition coefficient (Wildman–Crippen LogP) is 2.38. The summed E-state index contributed by atoms with van der Waals surface area (Å²) in [7, 11) is 0. The minimum absolute atomic E-state index is 0.540. The van der Waals surface area contributed by atoms with Crippen LogP contribution in [0.1, 0.15) is 30.9 Å². The van der Waals surface area contributed by atoms with E-state index in [1.54, 1.807) is 0 Å². The molecule has 0 spiro atoms. The maximum atomic E-state index is 4.04. The Morgan fingerprint density at radius 1 is 1.27 bits per heavy atom. The number of H-pyrrole nitrogens is 1. The number of aromatic nitrogens is 2. The summed E-state index contributed by atoms with van der Waals surface area (Å²) >= 11 is 0. The first-order valence-electron chi connectivity index (χ1n) is 5.60. The SMILES string of the molecule is c1cc2[nH]ncc2cc1C1CCCCN1. The van der Waals surface area contributed by atoms with Crippen LogP contribution >= 0.6 is 0 Å². The van der Waals surface area contributed by atoms with Gasteiger partial charge in [0.15, 0.2) is 0 Å². The first-order chi connectivity index (χ1) is 7.43. The number of nitrogens with one attached hydrogen (secondary N) is 2. The highest BCUT2D eigenvalue weighted by atomic mass is 15.1. The number of aromatic amines is 1. The van der Waals surface area contributed by atoms with E-state index in [2.05, 4.69) is 33.7 Å². The van der Waals surface area contributed by atoms with E-state index in [1.165, 1.54) is 30.2 Å². The highest BCUT2D eigenvalue weighted by molar-refractivity contribution is 5.78. The lowest BCUT2D eigenvalue weighted by atomic mass is 9.97. The molecule has 1 fully saturated rings. The summed E-state index contributed by atoms with van der Waals surface area (Å²) in [5.74, 6) is 0. The molecule has 3 nitrogen and oxygen atoms in total. The Morgan fingerprint density at radius 3 is 3.13 bits per heavy atom. The van der Waals surface area contributed by atoms with Crippen molar-refractivity contribution >= 4 is 10.9 Å². The Bertz CT molecular complexity index is 455. The highest BCUT2D eigenvalue weighted by Gasteiger charge is 2.14. The van der Waals surface area contributed by atoms with E-state index < -0.39 is 0 Å². The van der Waals surface area contributed by atoms with Crippen molar-refractivity contribution in [1.29, 1.82) is 0 Å². The van der Waals surface area contributed by atoms with E-state index in [4.69, 9.17) is 0 Å². The quantitative estimate of drug-likeness (QED) is 0.743. The lowest BCUT2D eigenvalue weighted by molar-refractivity contribution is 0.412. The normalized spacial score (nSPS) is 22.0. The zero-order valence-corrected chi connectivity index (χ0v) is 8.66. The molecule has 1 saturated heterocycles. The number of rotatable bonds is 1. The van der Waals surface area contributed by atoms with E-state index in [-0.39, 0.29) is 0 Å². The molecule has 1 atom stereocenters. The molecule has 15 heavy (non-hydrogen) atoms. The third-order valence-corrected chi connectivity index (χ3v) is 3.18. The van der Waals surface area contributed by atoms with Gasteiger partial charge in [-0.2, -0.15) is 5.10 Å². The summed E-state index contributed by atoms with van der Waals surface area (Å²) in [5, 5.41) is 11.8. The van der Waals surface area contributed by atoms with Crippen LogP contribution in [0, 0.1) is 0 Å². The maximum Gasteiger partial charge on any atom is 0.0650 e. The van der Waals surface area contributed by atoms with Gasteiger partial charge >= 0.3 is 0 Å². The van der Waals surface area contributed by atoms with Gasteiger partial charge in [0.1, 0.15) is 0 Å². The zero-order valence-electron chi connectivity index (χ0n) is 8.66. The fourth-order valence-electron chi connectivity index (χ4n) is 2.31. The molecule has 0 radical (unpaired) electrons. The van der Waals surface area contributed by atoms with Crippen molar-refractivity contribution in [3.05, 3.63) is 30.0 Å². The lowest BCUT2D eigenvalue weighted by Gasteiger charge is -2.23. The highest BCUT2D eigenvalue weighted by Crippen LogP contribution is 2.25. The largest absolute Gasteiger partial charge is 0.310 e. The van der Waals surface area contributed by atoms with E-state index in [1.807, 2.05) is 6.20 Å². The number of fused-ring (bicyclic) bond motifs is 1. The fraction of sp³-hybridized carbons (Fsp3) is 0.417. The van der Waals surface area contributed by atoms with Crippen molar-refractivity contribution in [3.8, 4) is 0 Å². The average Bonchev–Trinajstić information content (AvgIpc) is 2.77. The molecule has 0 amide bonds. The molecule has 2 aromatic rings. The van der Waals surface area contributed by atoms with Crippen LogP contribution in [0.15, 0.2) is 24.4 Å². The Kier molecular flexibility index (Phi) is 2.18. The molecule has 3 heteroatoms. The monoisotopic (exact) mass is 201 g/mol. The van der Waals surface area contributed by atoms with Crippen LogP contribution in [0.25, 0.3) is 10.9 Å². The first-order valence-corrected chi connectivity index (χ1v) is 5.60. The summed E-state index contributed by atoms with van der Waals surface area (Å²) in [5.41, 5.74) is 2.51. The molecule has 0 bridgehead atoms. The molecule has 0 saturated carbocycles. The fourth-order valence-corrected chi connectivity index (χ4v) is 2.31.